The van der Waals surface area contributed by atoms with Crippen molar-refractivity contribution < 1.29 is 4.79 Å². The number of amides is 1. The molecule has 1 saturated carbocycles. The maximum Gasteiger partial charge on any atom is 0.260 e. The summed E-state index contributed by atoms with van der Waals surface area (Å²) in [7, 11) is 0. The Morgan fingerprint density at radius 2 is 2.39 bits per heavy atom. The Morgan fingerprint density at radius 1 is 1.56 bits per heavy atom. The minimum absolute atomic E-state index is 0.214. The van der Waals surface area contributed by atoms with Crippen molar-refractivity contribution in [3.05, 3.63) is 39.6 Å². The first-order valence-corrected chi connectivity index (χ1v) is 6.97. The largest absolute Gasteiger partial charge is 0.352 e. The lowest BCUT2D eigenvalue weighted by molar-refractivity contribution is 0.102. The molecule has 0 spiro atoms. The molecule has 2 heterocycles. The molecule has 0 unspecified atom stereocenters. The zero-order valence-corrected chi connectivity index (χ0v) is 11.1. The fraction of sp³-hybridized carbons (Fsp3) is 0.250. The number of nitrogens with zero attached hydrogens (tertiary/aromatic N) is 1. The quantitative estimate of drug-likeness (QED) is 0.846. The van der Waals surface area contributed by atoms with Gasteiger partial charge in [0, 0.05) is 17.5 Å². The van der Waals surface area contributed by atoms with Gasteiger partial charge in [-0.05, 0) is 25.0 Å². The Bertz CT molecular complexity index is 643. The van der Waals surface area contributed by atoms with Gasteiger partial charge in [-0.15, -0.1) is 11.3 Å². The molecule has 1 amide bonds. The Balaban J connectivity index is 1.77. The van der Waals surface area contributed by atoms with E-state index in [1.807, 2.05) is 5.38 Å². The van der Waals surface area contributed by atoms with Gasteiger partial charge in [0.1, 0.15) is 4.64 Å². The molecular weight excluding hydrogens is 266 g/mol. The summed E-state index contributed by atoms with van der Waals surface area (Å²) < 4.78 is 0.439. The molecule has 0 atom stereocenters. The highest BCUT2D eigenvalue weighted by Gasteiger charge is 2.26. The van der Waals surface area contributed by atoms with Crippen LogP contribution in [0.2, 0.25) is 0 Å². The molecule has 2 aromatic heterocycles. The monoisotopic (exact) mass is 277 g/mol. The molecule has 2 aromatic rings. The summed E-state index contributed by atoms with van der Waals surface area (Å²) in [5, 5.41) is 5.44. The first-order valence-electron chi connectivity index (χ1n) is 5.68. The molecule has 4 nitrogen and oxygen atoms in total. The second-order valence-corrected chi connectivity index (χ2v) is 5.49. The summed E-state index contributed by atoms with van der Waals surface area (Å²) in [5.74, 6) is 0.389. The average Bonchev–Trinajstić information content (AvgIpc) is 3.11. The Kier molecular flexibility index (Phi) is 2.97. The second kappa shape index (κ2) is 4.62. The van der Waals surface area contributed by atoms with Gasteiger partial charge in [0.2, 0.25) is 0 Å². The number of aromatic nitrogens is 2. The van der Waals surface area contributed by atoms with Crippen molar-refractivity contribution in [3.8, 4) is 0 Å². The third-order valence-electron chi connectivity index (χ3n) is 2.80. The van der Waals surface area contributed by atoms with Gasteiger partial charge in [0.05, 0.1) is 11.3 Å². The van der Waals surface area contributed by atoms with Crippen molar-refractivity contribution in [2.75, 3.05) is 5.32 Å². The standard InChI is InChI=1S/C12H11N3OS2/c16-10(8-2-1-5-13-11(8)17)15-12-14-9(6-18-12)7-3-4-7/h1-2,5-7H,3-4H2,(H,13,17)(H,14,15,16). The number of carbonyl (C=O) groups excluding carboxylic acids is 1. The number of carbonyl (C=O) groups is 1. The molecule has 6 heteroatoms. The van der Waals surface area contributed by atoms with Crippen LogP contribution in [0.15, 0.2) is 23.7 Å². The van der Waals surface area contributed by atoms with E-state index in [1.165, 1.54) is 24.2 Å². The molecule has 0 aliphatic heterocycles. The van der Waals surface area contributed by atoms with Crippen molar-refractivity contribution in [2.45, 2.75) is 18.8 Å². The fourth-order valence-electron chi connectivity index (χ4n) is 1.68. The molecule has 1 fully saturated rings. The second-order valence-electron chi connectivity index (χ2n) is 4.22. The van der Waals surface area contributed by atoms with Gasteiger partial charge < -0.3 is 4.98 Å². The predicted molar refractivity (Wildman–Crippen MR) is 73.7 cm³/mol. The summed E-state index contributed by atoms with van der Waals surface area (Å²) in [5.41, 5.74) is 1.56. The molecule has 2 N–H and O–H groups in total. The van der Waals surface area contributed by atoms with Crippen LogP contribution in [0.4, 0.5) is 5.13 Å². The van der Waals surface area contributed by atoms with Crippen LogP contribution in [0.3, 0.4) is 0 Å². The van der Waals surface area contributed by atoms with E-state index in [9.17, 15) is 4.79 Å². The molecule has 3 rings (SSSR count). The zero-order chi connectivity index (χ0) is 12.5. The Hall–Kier alpha value is -1.53. The van der Waals surface area contributed by atoms with Crippen LogP contribution < -0.4 is 5.32 Å². The fourth-order valence-corrected chi connectivity index (χ4v) is 2.69. The van der Waals surface area contributed by atoms with E-state index in [1.54, 1.807) is 18.3 Å². The highest BCUT2D eigenvalue weighted by atomic mass is 32.1. The van der Waals surface area contributed by atoms with Crippen LogP contribution in [0.5, 0.6) is 0 Å². The minimum atomic E-state index is -0.214. The van der Waals surface area contributed by atoms with Crippen LogP contribution in [-0.2, 0) is 0 Å². The Labute approximate surface area is 113 Å². The third-order valence-corrected chi connectivity index (χ3v) is 3.91. The van der Waals surface area contributed by atoms with Gasteiger partial charge in [-0.25, -0.2) is 4.98 Å². The van der Waals surface area contributed by atoms with Crippen LogP contribution in [0, 0.1) is 4.64 Å². The van der Waals surface area contributed by atoms with E-state index in [-0.39, 0.29) is 5.91 Å². The lowest BCUT2D eigenvalue weighted by atomic mass is 10.3. The number of thiazole rings is 1. The van der Waals surface area contributed by atoms with Crippen molar-refractivity contribution >= 4 is 34.6 Å². The lowest BCUT2D eigenvalue weighted by Gasteiger charge is -2.01. The van der Waals surface area contributed by atoms with Gasteiger partial charge in [0.25, 0.3) is 5.91 Å². The number of hydrogen-bond acceptors (Lipinski definition) is 4. The molecule has 92 valence electrons. The van der Waals surface area contributed by atoms with Crippen molar-refractivity contribution in [1.29, 1.82) is 0 Å². The van der Waals surface area contributed by atoms with Crippen molar-refractivity contribution in [1.82, 2.24) is 9.97 Å². The van der Waals surface area contributed by atoms with E-state index in [0.717, 1.165) is 5.69 Å². The molecule has 1 aliphatic rings. The van der Waals surface area contributed by atoms with Gasteiger partial charge in [-0.2, -0.15) is 0 Å². The summed E-state index contributed by atoms with van der Waals surface area (Å²) in [6.07, 6.45) is 4.12. The summed E-state index contributed by atoms with van der Waals surface area (Å²) in [6.45, 7) is 0. The number of anilines is 1. The van der Waals surface area contributed by atoms with E-state index >= 15 is 0 Å². The van der Waals surface area contributed by atoms with Crippen molar-refractivity contribution in [3.63, 3.8) is 0 Å². The zero-order valence-electron chi connectivity index (χ0n) is 9.47. The van der Waals surface area contributed by atoms with Crippen molar-refractivity contribution in [2.24, 2.45) is 0 Å². The van der Waals surface area contributed by atoms with Gasteiger partial charge in [-0.3, -0.25) is 10.1 Å². The van der Waals surface area contributed by atoms with E-state index in [2.05, 4.69) is 15.3 Å². The SMILES string of the molecule is O=C(Nc1nc(C2CC2)cs1)c1ccc[nH]c1=S. The number of hydrogen-bond donors (Lipinski definition) is 2. The summed E-state index contributed by atoms with van der Waals surface area (Å²) in [6, 6.07) is 3.45. The van der Waals surface area contributed by atoms with Gasteiger partial charge >= 0.3 is 0 Å². The highest BCUT2D eigenvalue weighted by molar-refractivity contribution is 7.71. The number of rotatable bonds is 3. The summed E-state index contributed by atoms with van der Waals surface area (Å²) in [4.78, 5) is 19.2. The molecule has 1 aliphatic carbocycles. The van der Waals surface area contributed by atoms with Gasteiger partial charge in [0.15, 0.2) is 5.13 Å². The molecular formula is C12H11N3OS2. The van der Waals surface area contributed by atoms with Gasteiger partial charge in [-0.1, -0.05) is 12.2 Å². The van der Waals surface area contributed by atoms with E-state index < -0.39 is 0 Å². The van der Waals surface area contributed by atoms with Crippen LogP contribution >= 0.6 is 23.6 Å². The number of aromatic amines is 1. The smallest absolute Gasteiger partial charge is 0.260 e. The first-order chi connectivity index (χ1) is 8.74. The van der Waals surface area contributed by atoms with E-state index in [0.29, 0.717) is 21.3 Å². The number of pyridine rings is 1. The topological polar surface area (TPSA) is 57.8 Å². The summed E-state index contributed by atoms with van der Waals surface area (Å²) >= 11 is 6.53. The molecule has 0 radical (unpaired) electrons. The third kappa shape index (κ3) is 2.34. The molecule has 18 heavy (non-hydrogen) atoms. The first kappa shape index (κ1) is 11.6. The van der Waals surface area contributed by atoms with Crippen LogP contribution in [0.25, 0.3) is 0 Å². The maximum absolute atomic E-state index is 12.0. The maximum atomic E-state index is 12.0. The predicted octanol–water partition coefficient (Wildman–Crippen LogP) is 3.33. The minimum Gasteiger partial charge on any atom is -0.352 e. The number of nitrogens with one attached hydrogen (secondary N) is 2. The molecule has 0 saturated heterocycles. The normalized spacial score (nSPS) is 14.4. The average molecular weight is 277 g/mol. The van der Waals surface area contributed by atoms with Crippen LogP contribution in [-0.4, -0.2) is 15.9 Å². The van der Waals surface area contributed by atoms with E-state index in [4.69, 9.17) is 12.2 Å². The molecule has 0 bridgehead atoms. The van der Waals surface area contributed by atoms with Crippen LogP contribution in [0.1, 0.15) is 34.8 Å². The molecule has 0 aromatic carbocycles. The Morgan fingerprint density at radius 3 is 3.11 bits per heavy atom. The highest BCUT2D eigenvalue weighted by Crippen LogP contribution is 2.40. The number of H-pyrrole nitrogens is 1. The lowest BCUT2D eigenvalue weighted by Crippen LogP contribution is -2.12.